The van der Waals surface area contributed by atoms with Gasteiger partial charge in [-0.15, -0.1) is 0 Å². The first kappa shape index (κ1) is 21.7. The van der Waals surface area contributed by atoms with Gasteiger partial charge in [-0.25, -0.2) is 9.18 Å². The lowest BCUT2D eigenvalue weighted by Crippen LogP contribution is -2.46. The third-order valence-corrected chi connectivity index (χ3v) is 5.46. The van der Waals surface area contributed by atoms with Crippen LogP contribution in [0.4, 0.5) is 9.18 Å². The number of amides is 5. The summed E-state index contributed by atoms with van der Waals surface area (Å²) in [6.07, 6.45) is 3.67. The van der Waals surface area contributed by atoms with Crippen molar-refractivity contribution in [3.8, 4) is 0 Å². The van der Waals surface area contributed by atoms with Crippen molar-refractivity contribution in [1.29, 1.82) is 0 Å². The van der Waals surface area contributed by atoms with Gasteiger partial charge in [0.2, 0.25) is 11.8 Å². The predicted molar refractivity (Wildman–Crippen MR) is 107 cm³/mol. The molecule has 2 aliphatic rings. The maximum absolute atomic E-state index is 13.4. The Labute approximate surface area is 174 Å². The number of rotatable bonds is 9. The summed E-state index contributed by atoms with van der Waals surface area (Å²) >= 11 is 0. The van der Waals surface area contributed by atoms with Gasteiger partial charge in [-0.3, -0.25) is 19.3 Å². The summed E-state index contributed by atoms with van der Waals surface area (Å²) in [6.45, 7) is 1.35. The molecule has 1 aromatic carbocycles. The number of unbranched alkanes of at least 4 members (excludes halogenated alkanes) is 1. The maximum Gasteiger partial charge on any atom is 0.325 e. The van der Waals surface area contributed by atoms with E-state index in [0.717, 1.165) is 24.2 Å². The van der Waals surface area contributed by atoms with Gasteiger partial charge in [0.05, 0.1) is 6.54 Å². The smallest absolute Gasteiger partial charge is 0.325 e. The van der Waals surface area contributed by atoms with E-state index in [2.05, 4.69) is 10.6 Å². The monoisotopic (exact) mass is 418 g/mol. The Kier molecular flexibility index (Phi) is 6.38. The SMILES string of the molecule is CCCC[C@@]1(c2ccc(F)cc2)NC(=O)N(CC(=O)N(C)CC(=O)NC2CC2)C1=O. The predicted octanol–water partition coefficient (Wildman–Crippen LogP) is 1.50. The zero-order valence-electron chi connectivity index (χ0n) is 17.2. The quantitative estimate of drug-likeness (QED) is 0.594. The Morgan fingerprint density at radius 1 is 1.27 bits per heavy atom. The molecule has 0 bridgehead atoms. The second-order valence-corrected chi connectivity index (χ2v) is 7.93. The van der Waals surface area contributed by atoms with E-state index in [0.29, 0.717) is 18.4 Å². The molecule has 9 heteroatoms. The number of urea groups is 1. The van der Waals surface area contributed by atoms with E-state index in [1.807, 2.05) is 6.92 Å². The van der Waals surface area contributed by atoms with Crippen LogP contribution < -0.4 is 10.6 Å². The van der Waals surface area contributed by atoms with Gasteiger partial charge in [-0.05, 0) is 37.0 Å². The van der Waals surface area contributed by atoms with E-state index < -0.39 is 35.7 Å². The first-order chi connectivity index (χ1) is 14.3. The zero-order valence-corrected chi connectivity index (χ0v) is 17.2. The number of carbonyl (C=O) groups is 4. The van der Waals surface area contributed by atoms with Crippen molar-refractivity contribution in [2.75, 3.05) is 20.1 Å². The summed E-state index contributed by atoms with van der Waals surface area (Å²) in [7, 11) is 1.46. The summed E-state index contributed by atoms with van der Waals surface area (Å²) in [5.41, 5.74) is -0.856. The highest BCUT2D eigenvalue weighted by Crippen LogP contribution is 2.34. The molecular formula is C21H27FN4O4. The van der Waals surface area contributed by atoms with E-state index in [-0.39, 0.29) is 18.5 Å². The van der Waals surface area contributed by atoms with Gasteiger partial charge in [0.1, 0.15) is 17.9 Å². The third-order valence-electron chi connectivity index (χ3n) is 5.46. The van der Waals surface area contributed by atoms with Crippen LogP contribution in [0.25, 0.3) is 0 Å². The van der Waals surface area contributed by atoms with E-state index in [1.165, 1.54) is 36.2 Å². The van der Waals surface area contributed by atoms with Crippen LogP contribution in [0, 0.1) is 5.82 Å². The van der Waals surface area contributed by atoms with Gasteiger partial charge in [-0.1, -0.05) is 31.9 Å². The fourth-order valence-corrected chi connectivity index (χ4v) is 3.52. The van der Waals surface area contributed by atoms with Gasteiger partial charge >= 0.3 is 6.03 Å². The number of halogens is 1. The van der Waals surface area contributed by atoms with Gasteiger partial charge in [0, 0.05) is 13.1 Å². The van der Waals surface area contributed by atoms with Crippen molar-refractivity contribution in [2.45, 2.75) is 50.6 Å². The number of likely N-dealkylation sites (N-methyl/N-ethyl adjacent to an activating group) is 1. The van der Waals surface area contributed by atoms with Crippen molar-refractivity contribution < 1.29 is 23.6 Å². The fraction of sp³-hybridized carbons (Fsp3) is 0.524. The highest BCUT2D eigenvalue weighted by atomic mass is 19.1. The minimum atomic E-state index is -1.33. The first-order valence-electron chi connectivity index (χ1n) is 10.2. The Bertz CT molecular complexity index is 840. The number of hydrogen-bond donors (Lipinski definition) is 2. The van der Waals surface area contributed by atoms with Gasteiger partial charge in [0.15, 0.2) is 0 Å². The van der Waals surface area contributed by atoms with E-state index in [4.69, 9.17) is 0 Å². The van der Waals surface area contributed by atoms with Gasteiger partial charge < -0.3 is 15.5 Å². The van der Waals surface area contributed by atoms with Crippen LogP contribution in [0.15, 0.2) is 24.3 Å². The van der Waals surface area contributed by atoms with Crippen molar-refractivity contribution in [1.82, 2.24) is 20.4 Å². The largest absolute Gasteiger partial charge is 0.352 e. The Morgan fingerprint density at radius 3 is 2.53 bits per heavy atom. The summed E-state index contributed by atoms with van der Waals surface area (Å²) in [5.74, 6) is -1.78. The lowest BCUT2D eigenvalue weighted by molar-refractivity contribution is -0.140. The summed E-state index contributed by atoms with van der Waals surface area (Å²) in [6, 6.07) is 4.93. The number of imide groups is 1. The zero-order chi connectivity index (χ0) is 21.9. The highest BCUT2D eigenvalue weighted by Gasteiger charge is 2.52. The summed E-state index contributed by atoms with van der Waals surface area (Å²) in [5, 5.41) is 5.51. The number of nitrogens with one attached hydrogen (secondary N) is 2. The Hall–Kier alpha value is -2.97. The van der Waals surface area contributed by atoms with Crippen molar-refractivity contribution >= 4 is 23.8 Å². The lowest BCUT2D eigenvalue weighted by atomic mass is 9.85. The molecule has 162 valence electrons. The molecule has 1 saturated heterocycles. The van der Waals surface area contributed by atoms with Crippen molar-refractivity contribution in [3.63, 3.8) is 0 Å². The topological polar surface area (TPSA) is 98.8 Å². The molecule has 5 amide bonds. The standard InChI is InChI=1S/C21H27FN4O4/c1-3-4-11-21(14-5-7-15(22)8-6-14)19(29)26(20(30)24-21)13-18(28)25(2)12-17(27)23-16-9-10-16/h5-8,16H,3-4,9-13H2,1-2H3,(H,23,27)(H,24,30)/t21-/m0/s1. The molecule has 1 atom stereocenters. The number of nitrogens with zero attached hydrogens (tertiary/aromatic N) is 2. The summed E-state index contributed by atoms with van der Waals surface area (Å²) in [4.78, 5) is 52.4. The van der Waals surface area contributed by atoms with Crippen LogP contribution in [-0.4, -0.2) is 59.7 Å². The molecule has 0 aromatic heterocycles. The molecule has 1 aliphatic carbocycles. The van der Waals surface area contributed by atoms with Crippen molar-refractivity contribution in [2.24, 2.45) is 0 Å². The molecule has 1 aromatic rings. The molecule has 1 heterocycles. The molecule has 0 unspecified atom stereocenters. The normalized spacial score (nSPS) is 20.8. The molecule has 30 heavy (non-hydrogen) atoms. The van der Waals surface area contributed by atoms with Gasteiger partial charge in [-0.2, -0.15) is 0 Å². The minimum Gasteiger partial charge on any atom is -0.352 e. The third kappa shape index (κ3) is 4.60. The van der Waals surface area contributed by atoms with Gasteiger partial charge in [0.25, 0.3) is 5.91 Å². The molecule has 0 spiro atoms. The molecule has 3 rings (SSSR count). The molecular weight excluding hydrogens is 391 g/mol. The number of hydrogen-bond acceptors (Lipinski definition) is 4. The summed E-state index contributed by atoms with van der Waals surface area (Å²) < 4.78 is 13.4. The Morgan fingerprint density at radius 2 is 1.93 bits per heavy atom. The van der Waals surface area contributed by atoms with Crippen LogP contribution in [0.1, 0.15) is 44.6 Å². The first-order valence-corrected chi connectivity index (χ1v) is 10.2. The second kappa shape index (κ2) is 8.81. The van der Waals surface area contributed by atoms with E-state index >= 15 is 0 Å². The Balaban J connectivity index is 1.72. The highest BCUT2D eigenvalue weighted by molar-refractivity contribution is 6.09. The van der Waals surface area contributed by atoms with Crippen LogP contribution in [0.3, 0.4) is 0 Å². The minimum absolute atomic E-state index is 0.141. The average Bonchev–Trinajstić information content (AvgIpc) is 3.48. The number of carbonyl (C=O) groups excluding carboxylic acids is 4. The molecule has 2 fully saturated rings. The molecule has 2 N–H and O–H groups in total. The second-order valence-electron chi connectivity index (χ2n) is 7.93. The molecule has 0 radical (unpaired) electrons. The van der Waals surface area contributed by atoms with E-state index in [9.17, 15) is 23.6 Å². The average molecular weight is 418 g/mol. The van der Waals surface area contributed by atoms with Crippen LogP contribution in [-0.2, 0) is 19.9 Å². The van der Waals surface area contributed by atoms with Crippen molar-refractivity contribution in [3.05, 3.63) is 35.6 Å². The molecule has 1 saturated carbocycles. The molecule has 8 nitrogen and oxygen atoms in total. The number of benzene rings is 1. The fourth-order valence-electron chi connectivity index (χ4n) is 3.52. The maximum atomic E-state index is 13.4. The van der Waals surface area contributed by atoms with E-state index in [1.54, 1.807) is 0 Å². The van der Waals surface area contributed by atoms with Crippen LogP contribution in [0.2, 0.25) is 0 Å². The van der Waals surface area contributed by atoms with Crippen LogP contribution >= 0.6 is 0 Å². The lowest BCUT2D eigenvalue weighted by Gasteiger charge is -2.27. The molecule has 1 aliphatic heterocycles. The van der Waals surface area contributed by atoms with Crippen LogP contribution in [0.5, 0.6) is 0 Å².